The predicted molar refractivity (Wildman–Crippen MR) is 44.4 cm³/mol. The molecule has 65 valence electrons. The molecule has 0 spiro atoms. The molecular weight excluding hydrogens is 140 g/mol. The number of rotatable bonds is 5. The Morgan fingerprint density at radius 1 is 1.18 bits per heavy atom. The van der Waals surface area contributed by atoms with Crippen LogP contribution in [0.1, 0.15) is 25.7 Å². The lowest BCUT2D eigenvalue weighted by Gasteiger charge is -2.10. The fourth-order valence-corrected chi connectivity index (χ4v) is 1.43. The molecule has 0 amide bonds. The lowest BCUT2D eigenvalue weighted by molar-refractivity contribution is 0.0138. The van der Waals surface area contributed by atoms with Crippen molar-refractivity contribution in [2.24, 2.45) is 0 Å². The van der Waals surface area contributed by atoms with Gasteiger partial charge in [0.1, 0.15) is 0 Å². The molecule has 1 fully saturated rings. The highest BCUT2D eigenvalue weighted by atomic mass is 16.5. The van der Waals surface area contributed by atoms with Gasteiger partial charge in [0, 0.05) is 6.61 Å². The van der Waals surface area contributed by atoms with Crippen LogP contribution in [-0.4, -0.2) is 25.9 Å². The molecule has 0 atom stereocenters. The summed E-state index contributed by atoms with van der Waals surface area (Å²) in [5, 5.41) is 0. The summed E-state index contributed by atoms with van der Waals surface area (Å²) in [6, 6.07) is 0. The van der Waals surface area contributed by atoms with E-state index in [9.17, 15) is 0 Å². The monoisotopic (exact) mass is 157 g/mol. The SMILES string of the molecule is [CH2]COCCOC1CCCC1. The largest absolute Gasteiger partial charge is 0.379 e. The average Bonchev–Trinajstić information content (AvgIpc) is 2.50. The first-order valence-corrected chi connectivity index (χ1v) is 4.42. The van der Waals surface area contributed by atoms with Gasteiger partial charge in [0.2, 0.25) is 0 Å². The maximum absolute atomic E-state index is 5.55. The van der Waals surface area contributed by atoms with Crippen LogP contribution in [0, 0.1) is 6.92 Å². The Kier molecular flexibility index (Phi) is 4.55. The van der Waals surface area contributed by atoms with Gasteiger partial charge < -0.3 is 9.47 Å². The molecule has 2 heteroatoms. The molecule has 2 nitrogen and oxygen atoms in total. The second-order valence-electron chi connectivity index (χ2n) is 2.89. The van der Waals surface area contributed by atoms with Crippen molar-refractivity contribution < 1.29 is 9.47 Å². The summed E-state index contributed by atoms with van der Waals surface area (Å²) in [6.07, 6.45) is 5.67. The molecule has 1 aliphatic rings. The van der Waals surface area contributed by atoms with Gasteiger partial charge in [0.15, 0.2) is 0 Å². The number of hydrogen-bond donors (Lipinski definition) is 0. The molecule has 0 N–H and O–H groups in total. The smallest absolute Gasteiger partial charge is 0.0704 e. The zero-order valence-electron chi connectivity index (χ0n) is 7.05. The third-order valence-electron chi connectivity index (χ3n) is 2.03. The summed E-state index contributed by atoms with van der Waals surface area (Å²) in [4.78, 5) is 0. The van der Waals surface area contributed by atoms with Gasteiger partial charge >= 0.3 is 0 Å². The van der Waals surface area contributed by atoms with E-state index < -0.39 is 0 Å². The van der Waals surface area contributed by atoms with Crippen LogP contribution in [0.5, 0.6) is 0 Å². The van der Waals surface area contributed by atoms with Crippen molar-refractivity contribution in [3.8, 4) is 0 Å². The van der Waals surface area contributed by atoms with Gasteiger partial charge in [-0.3, -0.25) is 0 Å². The van der Waals surface area contributed by atoms with Crippen LogP contribution < -0.4 is 0 Å². The maximum Gasteiger partial charge on any atom is 0.0704 e. The van der Waals surface area contributed by atoms with Crippen molar-refractivity contribution in [3.05, 3.63) is 6.92 Å². The van der Waals surface area contributed by atoms with Crippen LogP contribution in [-0.2, 0) is 9.47 Å². The molecule has 1 radical (unpaired) electrons. The minimum Gasteiger partial charge on any atom is -0.379 e. The Bertz CT molecular complexity index is 87.6. The maximum atomic E-state index is 5.55. The molecule has 0 saturated heterocycles. The van der Waals surface area contributed by atoms with Crippen molar-refractivity contribution in [3.63, 3.8) is 0 Å². The van der Waals surface area contributed by atoms with Crippen molar-refractivity contribution >= 4 is 0 Å². The van der Waals surface area contributed by atoms with Gasteiger partial charge in [-0.2, -0.15) is 0 Å². The molecule has 0 bridgehead atoms. The molecule has 0 aliphatic heterocycles. The normalized spacial score (nSPS) is 19.4. The minimum atomic E-state index is 0.517. The Morgan fingerprint density at radius 2 is 1.91 bits per heavy atom. The van der Waals surface area contributed by atoms with E-state index in [-0.39, 0.29) is 0 Å². The molecule has 0 aromatic rings. The van der Waals surface area contributed by atoms with Crippen molar-refractivity contribution in [2.45, 2.75) is 31.8 Å². The van der Waals surface area contributed by atoms with Gasteiger partial charge in [0.05, 0.1) is 19.3 Å². The standard InChI is InChI=1S/C9H17O2/c1-2-10-7-8-11-9-5-3-4-6-9/h9H,1-8H2. The number of hydrogen-bond acceptors (Lipinski definition) is 2. The first-order valence-electron chi connectivity index (χ1n) is 4.42. The molecule has 0 unspecified atom stereocenters. The summed E-state index contributed by atoms with van der Waals surface area (Å²) in [7, 11) is 0. The third-order valence-corrected chi connectivity index (χ3v) is 2.03. The second-order valence-corrected chi connectivity index (χ2v) is 2.89. The molecule has 0 aromatic heterocycles. The lowest BCUT2D eigenvalue weighted by Crippen LogP contribution is -2.12. The highest BCUT2D eigenvalue weighted by molar-refractivity contribution is 4.66. The minimum absolute atomic E-state index is 0.517. The van der Waals surface area contributed by atoms with Crippen LogP contribution in [0.4, 0.5) is 0 Å². The zero-order chi connectivity index (χ0) is 7.94. The van der Waals surface area contributed by atoms with Crippen LogP contribution in [0.3, 0.4) is 0 Å². The first-order chi connectivity index (χ1) is 5.43. The van der Waals surface area contributed by atoms with E-state index in [1.807, 2.05) is 0 Å². The predicted octanol–water partition coefficient (Wildman–Crippen LogP) is 1.80. The van der Waals surface area contributed by atoms with Crippen molar-refractivity contribution in [1.82, 2.24) is 0 Å². The van der Waals surface area contributed by atoms with Crippen LogP contribution in [0.2, 0.25) is 0 Å². The molecule has 1 aliphatic carbocycles. The summed E-state index contributed by atoms with van der Waals surface area (Å²) in [6.45, 7) is 5.56. The van der Waals surface area contributed by atoms with E-state index in [2.05, 4.69) is 6.92 Å². The van der Waals surface area contributed by atoms with E-state index in [0.29, 0.717) is 19.3 Å². The summed E-state index contributed by atoms with van der Waals surface area (Å²) in [5.74, 6) is 0. The van der Waals surface area contributed by atoms with Crippen LogP contribution in [0.15, 0.2) is 0 Å². The molecule has 11 heavy (non-hydrogen) atoms. The van der Waals surface area contributed by atoms with Gasteiger partial charge in [-0.15, -0.1) is 0 Å². The Balaban J connectivity index is 1.86. The van der Waals surface area contributed by atoms with E-state index in [1.54, 1.807) is 0 Å². The fraction of sp³-hybridized carbons (Fsp3) is 0.889. The molecule has 0 aromatic carbocycles. The molecule has 0 heterocycles. The van der Waals surface area contributed by atoms with Gasteiger partial charge in [-0.1, -0.05) is 12.8 Å². The topological polar surface area (TPSA) is 18.5 Å². The quantitative estimate of drug-likeness (QED) is 0.566. The Morgan fingerprint density at radius 3 is 2.55 bits per heavy atom. The van der Waals surface area contributed by atoms with Gasteiger partial charge in [0.25, 0.3) is 0 Å². The number of ether oxygens (including phenoxy) is 2. The van der Waals surface area contributed by atoms with E-state index >= 15 is 0 Å². The van der Waals surface area contributed by atoms with Gasteiger partial charge in [-0.05, 0) is 19.8 Å². The van der Waals surface area contributed by atoms with E-state index in [4.69, 9.17) is 9.47 Å². The molecule has 1 saturated carbocycles. The highest BCUT2D eigenvalue weighted by Gasteiger charge is 2.14. The highest BCUT2D eigenvalue weighted by Crippen LogP contribution is 2.20. The van der Waals surface area contributed by atoms with E-state index in [1.165, 1.54) is 25.7 Å². The van der Waals surface area contributed by atoms with E-state index in [0.717, 1.165) is 6.61 Å². The fourth-order valence-electron chi connectivity index (χ4n) is 1.43. The van der Waals surface area contributed by atoms with Gasteiger partial charge in [-0.25, -0.2) is 0 Å². The molecule has 1 rings (SSSR count). The summed E-state index contributed by atoms with van der Waals surface area (Å²) < 4.78 is 10.6. The summed E-state index contributed by atoms with van der Waals surface area (Å²) in [5.41, 5.74) is 0. The van der Waals surface area contributed by atoms with Crippen LogP contribution in [0.25, 0.3) is 0 Å². The lowest BCUT2D eigenvalue weighted by atomic mass is 10.3. The third kappa shape index (κ3) is 3.73. The first kappa shape index (κ1) is 9.01. The average molecular weight is 157 g/mol. The van der Waals surface area contributed by atoms with Crippen molar-refractivity contribution in [2.75, 3.05) is 19.8 Å². The Hall–Kier alpha value is -0.0800. The summed E-state index contributed by atoms with van der Waals surface area (Å²) >= 11 is 0. The van der Waals surface area contributed by atoms with Crippen molar-refractivity contribution in [1.29, 1.82) is 0 Å². The molecular formula is C9H17O2. The second kappa shape index (κ2) is 5.56. The Labute approximate surface area is 68.9 Å². The zero-order valence-corrected chi connectivity index (χ0v) is 7.05. The van der Waals surface area contributed by atoms with Crippen LogP contribution >= 0.6 is 0 Å².